The fourth-order valence-electron chi connectivity index (χ4n) is 3.38. The SMILES string of the molecule is COC(=O)CCc1cc2cc(Cl)ccc2n1S(=O)(=O)c1ccc2nc(NC(C)=O)sc2c1. The van der Waals surface area contributed by atoms with Crippen molar-refractivity contribution < 1.29 is 22.7 Å². The number of esters is 1. The molecule has 2 heterocycles. The van der Waals surface area contributed by atoms with Gasteiger partial charge in [-0.1, -0.05) is 22.9 Å². The Hall–Kier alpha value is -2.95. The van der Waals surface area contributed by atoms with Crippen molar-refractivity contribution in [1.29, 1.82) is 0 Å². The van der Waals surface area contributed by atoms with E-state index in [9.17, 15) is 18.0 Å². The minimum Gasteiger partial charge on any atom is -0.469 e. The first-order valence-corrected chi connectivity index (χ1v) is 12.1. The van der Waals surface area contributed by atoms with Gasteiger partial charge < -0.3 is 10.1 Å². The maximum absolute atomic E-state index is 13.7. The maximum Gasteiger partial charge on any atom is 0.305 e. The fraction of sp³-hybridized carbons (Fsp3) is 0.190. The highest BCUT2D eigenvalue weighted by atomic mass is 35.5. The number of aryl methyl sites for hydroxylation is 1. The van der Waals surface area contributed by atoms with Crippen LogP contribution >= 0.6 is 22.9 Å². The molecule has 4 aromatic rings. The average Bonchev–Trinajstić information content (AvgIpc) is 3.30. The van der Waals surface area contributed by atoms with Crippen molar-refractivity contribution >= 4 is 71.1 Å². The van der Waals surface area contributed by atoms with Crippen LogP contribution in [-0.4, -0.2) is 36.4 Å². The van der Waals surface area contributed by atoms with Crippen molar-refractivity contribution in [2.24, 2.45) is 0 Å². The highest BCUT2D eigenvalue weighted by Crippen LogP contribution is 2.32. The van der Waals surface area contributed by atoms with Crippen LogP contribution in [-0.2, 0) is 30.8 Å². The number of hydrogen-bond donors (Lipinski definition) is 1. The van der Waals surface area contributed by atoms with E-state index >= 15 is 0 Å². The third kappa shape index (κ3) is 4.21. The van der Waals surface area contributed by atoms with Gasteiger partial charge in [0, 0.05) is 23.0 Å². The highest BCUT2D eigenvalue weighted by molar-refractivity contribution is 7.90. The molecule has 8 nitrogen and oxygen atoms in total. The first-order chi connectivity index (χ1) is 15.2. The van der Waals surface area contributed by atoms with E-state index in [4.69, 9.17) is 16.3 Å². The number of nitrogens with zero attached hydrogens (tertiary/aromatic N) is 2. The summed E-state index contributed by atoms with van der Waals surface area (Å²) < 4.78 is 33.9. The van der Waals surface area contributed by atoms with Gasteiger partial charge in [0.25, 0.3) is 10.0 Å². The average molecular weight is 492 g/mol. The molecule has 0 radical (unpaired) electrons. The van der Waals surface area contributed by atoms with E-state index in [-0.39, 0.29) is 23.6 Å². The van der Waals surface area contributed by atoms with Gasteiger partial charge in [0.05, 0.1) is 34.2 Å². The molecule has 0 fully saturated rings. The van der Waals surface area contributed by atoms with Crippen molar-refractivity contribution in [3.63, 3.8) is 0 Å². The van der Waals surface area contributed by atoms with Gasteiger partial charge in [-0.25, -0.2) is 17.4 Å². The largest absolute Gasteiger partial charge is 0.469 e. The van der Waals surface area contributed by atoms with Crippen molar-refractivity contribution in [3.05, 3.63) is 53.2 Å². The second-order valence-corrected chi connectivity index (χ2v) is 10.3. The molecule has 2 aromatic heterocycles. The Kier molecular flexibility index (Phi) is 5.93. The molecule has 32 heavy (non-hydrogen) atoms. The second-order valence-electron chi connectivity index (χ2n) is 7.01. The summed E-state index contributed by atoms with van der Waals surface area (Å²) in [5, 5.41) is 4.12. The first kappa shape index (κ1) is 22.3. The summed E-state index contributed by atoms with van der Waals surface area (Å²) in [6.07, 6.45) is 0.206. The van der Waals surface area contributed by atoms with Crippen molar-refractivity contribution in [1.82, 2.24) is 8.96 Å². The van der Waals surface area contributed by atoms with Gasteiger partial charge in [-0.15, -0.1) is 0 Å². The molecule has 0 bridgehead atoms. The molecular weight excluding hydrogens is 474 g/mol. The minimum atomic E-state index is -4.01. The Balaban J connectivity index is 1.84. The third-order valence-corrected chi connectivity index (χ3v) is 7.72. The van der Waals surface area contributed by atoms with Crippen LogP contribution in [0.1, 0.15) is 19.0 Å². The van der Waals surface area contributed by atoms with Crippen LogP contribution < -0.4 is 5.32 Å². The number of anilines is 1. The zero-order chi connectivity index (χ0) is 23.0. The van der Waals surface area contributed by atoms with Crippen molar-refractivity contribution in [2.45, 2.75) is 24.7 Å². The topological polar surface area (TPSA) is 107 Å². The van der Waals surface area contributed by atoms with E-state index in [1.54, 1.807) is 30.3 Å². The smallest absolute Gasteiger partial charge is 0.305 e. The molecule has 1 amide bonds. The van der Waals surface area contributed by atoms with E-state index in [0.29, 0.717) is 37.0 Å². The van der Waals surface area contributed by atoms with Crippen LogP contribution in [0.4, 0.5) is 5.13 Å². The number of benzene rings is 2. The number of ether oxygens (including phenoxy) is 1. The summed E-state index contributed by atoms with van der Waals surface area (Å²) >= 11 is 7.28. The number of halogens is 1. The maximum atomic E-state index is 13.7. The molecule has 1 N–H and O–H groups in total. The van der Waals surface area contributed by atoms with E-state index in [1.165, 1.54) is 41.5 Å². The number of amides is 1. The summed E-state index contributed by atoms with van der Waals surface area (Å²) in [6.45, 7) is 1.38. The normalized spacial score (nSPS) is 11.7. The summed E-state index contributed by atoms with van der Waals surface area (Å²) in [7, 11) is -2.73. The summed E-state index contributed by atoms with van der Waals surface area (Å²) in [6, 6.07) is 11.2. The fourth-order valence-corrected chi connectivity index (χ4v) is 6.19. The molecular formula is C21H18ClN3O5S2. The predicted octanol–water partition coefficient (Wildman–Crippen LogP) is 4.21. The Morgan fingerprint density at radius 3 is 2.69 bits per heavy atom. The first-order valence-electron chi connectivity index (χ1n) is 9.49. The zero-order valence-corrected chi connectivity index (χ0v) is 19.5. The van der Waals surface area contributed by atoms with Gasteiger partial charge in [0.2, 0.25) is 5.91 Å². The number of hydrogen-bond acceptors (Lipinski definition) is 7. The van der Waals surface area contributed by atoms with Gasteiger partial charge >= 0.3 is 5.97 Å². The van der Waals surface area contributed by atoms with Gasteiger partial charge in [-0.3, -0.25) is 9.59 Å². The molecule has 0 saturated carbocycles. The number of carbonyl (C=O) groups is 2. The molecule has 0 aliphatic carbocycles. The van der Waals surface area contributed by atoms with E-state index in [0.717, 1.165) is 0 Å². The summed E-state index contributed by atoms with van der Waals surface area (Å²) in [4.78, 5) is 27.3. The lowest BCUT2D eigenvalue weighted by molar-refractivity contribution is -0.140. The minimum absolute atomic E-state index is 0.0318. The van der Waals surface area contributed by atoms with Gasteiger partial charge in [0.1, 0.15) is 0 Å². The third-order valence-electron chi connectivity index (χ3n) is 4.79. The Morgan fingerprint density at radius 1 is 1.19 bits per heavy atom. The number of carbonyl (C=O) groups excluding carboxylic acids is 2. The molecule has 0 aliphatic heterocycles. The zero-order valence-electron chi connectivity index (χ0n) is 17.1. The second kappa shape index (κ2) is 8.53. The number of aromatic nitrogens is 2. The Bertz CT molecular complexity index is 1470. The van der Waals surface area contributed by atoms with Gasteiger partial charge in [-0.05, 0) is 48.9 Å². The quantitative estimate of drug-likeness (QED) is 0.405. The van der Waals surface area contributed by atoms with E-state index < -0.39 is 16.0 Å². The Labute approximate surface area is 192 Å². The summed E-state index contributed by atoms with van der Waals surface area (Å²) in [5.41, 5.74) is 1.47. The monoisotopic (exact) mass is 491 g/mol. The van der Waals surface area contributed by atoms with Crippen LogP contribution in [0.15, 0.2) is 47.4 Å². The van der Waals surface area contributed by atoms with E-state index in [1.807, 2.05) is 0 Å². The van der Waals surface area contributed by atoms with Gasteiger partial charge in [-0.2, -0.15) is 0 Å². The molecule has 0 saturated heterocycles. The molecule has 0 unspecified atom stereocenters. The standard InChI is InChI=1S/C21H18ClN3O5S2/c1-12(26)23-21-24-17-6-5-16(11-19(17)31-21)32(28,29)25-15(4-8-20(27)30-2)10-13-9-14(22)3-7-18(13)25/h3,5-7,9-11H,4,8H2,1-2H3,(H,23,24,26). The molecule has 11 heteroatoms. The van der Waals surface area contributed by atoms with Crippen LogP contribution in [0.25, 0.3) is 21.1 Å². The number of methoxy groups -OCH3 is 1. The van der Waals surface area contributed by atoms with Crippen molar-refractivity contribution in [3.8, 4) is 0 Å². The molecule has 4 rings (SSSR count). The van der Waals surface area contributed by atoms with Crippen LogP contribution in [0.3, 0.4) is 0 Å². The lowest BCUT2D eigenvalue weighted by Gasteiger charge is -2.12. The number of thiazole rings is 1. The molecule has 166 valence electrons. The van der Waals surface area contributed by atoms with Crippen LogP contribution in [0, 0.1) is 0 Å². The molecule has 0 atom stereocenters. The van der Waals surface area contributed by atoms with Crippen LogP contribution in [0.5, 0.6) is 0 Å². The summed E-state index contributed by atoms with van der Waals surface area (Å²) in [5.74, 6) is -0.696. The lowest BCUT2D eigenvalue weighted by atomic mass is 10.2. The van der Waals surface area contributed by atoms with Gasteiger partial charge in [0.15, 0.2) is 5.13 Å². The Morgan fingerprint density at radius 2 is 1.97 bits per heavy atom. The molecule has 0 spiro atoms. The number of rotatable bonds is 6. The van der Waals surface area contributed by atoms with Crippen molar-refractivity contribution in [2.75, 3.05) is 12.4 Å². The van der Waals surface area contributed by atoms with E-state index in [2.05, 4.69) is 10.3 Å². The lowest BCUT2D eigenvalue weighted by Crippen LogP contribution is -2.16. The predicted molar refractivity (Wildman–Crippen MR) is 124 cm³/mol. The van der Waals surface area contributed by atoms with Crippen LogP contribution in [0.2, 0.25) is 5.02 Å². The number of nitrogens with one attached hydrogen (secondary N) is 1. The molecule has 0 aliphatic rings. The number of fused-ring (bicyclic) bond motifs is 2. The molecule has 2 aromatic carbocycles. The highest BCUT2D eigenvalue weighted by Gasteiger charge is 2.24.